The van der Waals surface area contributed by atoms with Gasteiger partial charge in [-0.05, 0) is 42.0 Å². The number of hydrogen-bond donors (Lipinski definition) is 1. The third kappa shape index (κ3) is 5.26. The number of nitrogens with zero attached hydrogens (tertiary/aromatic N) is 3. The minimum absolute atomic E-state index is 0.0168. The number of amides is 1. The zero-order valence-electron chi connectivity index (χ0n) is 20.8. The van der Waals surface area contributed by atoms with Crippen LogP contribution in [0.15, 0.2) is 70.6 Å². The molecule has 2 aliphatic heterocycles. The van der Waals surface area contributed by atoms with E-state index in [0.29, 0.717) is 44.9 Å². The number of benzene rings is 3. The summed E-state index contributed by atoms with van der Waals surface area (Å²) >= 11 is 14.6. The summed E-state index contributed by atoms with van der Waals surface area (Å²) in [5.74, 6) is -1.78. The van der Waals surface area contributed by atoms with Gasteiger partial charge in [0.15, 0.2) is 15.8 Å². The summed E-state index contributed by atoms with van der Waals surface area (Å²) in [7, 11) is 0. The summed E-state index contributed by atoms with van der Waals surface area (Å²) in [6, 6.07) is 14.3. The van der Waals surface area contributed by atoms with Crippen molar-refractivity contribution in [3.8, 4) is 11.5 Å². The Hall–Kier alpha value is -3.64. The first-order valence-electron chi connectivity index (χ1n) is 12.2. The molecule has 1 atom stereocenters. The van der Waals surface area contributed by atoms with E-state index in [1.54, 1.807) is 30.3 Å². The Morgan fingerprint density at radius 3 is 2.61 bits per heavy atom. The fourth-order valence-electron chi connectivity index (χ4n) is 4.50. The molecule has 3 aromatic carbocycles. The molecule has 1 fully saturated rings. The Labute approximate surface area is 251 Å². The average Bonchev–Trinajstić information content (AvgIpc) is 3.54. The number of aromatic nitrogens is 2. The van der Waals surface area contributed by atoms with Crippen molar-refractivity contribution >= 4 is 68.9 Å². The molecule has 0 aliphatic carbocycles. The first-order valence-corrected chi connectivity index (χ1v) is 14.7. The fraction of sp³-hybridized carbons (Fsp3) is 0.143. The van der Waals surface area contributed by atoms with Crippen LogP contribution in [-0.4, -0.2) is 40.2 Å². The smallest absolute Gasteiger partial charge is 0.301 e. The maximum Gasteiger partial charge on any atom is 0.301 e. The normalized spacial score (nSPS) is 17.7. The number of ketones is 1. The number of aliphatic hydroxyl groups excluding tert-OH is 1. The molecule has 6 rings (SSSR count). The maximum absolute atomic E-state index is 15.2. The predicted molar refractivity (Wildman–Crippen MR) is 155 cm³/mol. The second-order valence-electron chi connectivity index (χ2n) is 8.92. The van der Waals surface area contributed by atoms with Gasteiger partial charge in [0.1, 0.15) is 30.8 Å². The summed E-state index contributed by atoms with van der Waals surface area (Å²) in [6.07, 6.45) is 0. The standard InChI is InChI=1S/C28H18Cl2FN3O5S2/c29-16-7-5-15(18(30)12-16)13-40-28-33-32-27(41-28)34-23(17-3-1-2-4-19(17)31)22(25(36)26(34)37)24(35)14-6-8-20-21(11-14)39-10-9-38-20/h1-8,11-12,23,35H,9-10,13H2/b24-22+/t23-/m1/s1. The summed E-state index contributed by atoms with van der Waals surface area (Å²) < 4.78 is 26.8. The Bertz CT molecular complexity index is 1730. The van der Waals surface area contributed by atoms with Crippen LogP contribution in [0.5, 0.6) is 11.5 Å². The fourth-order valence-corrected chi connectivity index (χ4v) is 6.93. The van der Waals surface area contributed by atoms with Crippen molar-refractivity contribution < 1.29 is 28.6 Å². The lowest BCUT2D eigenvalue weighted by atomic mass is 9.95. The van der Waals surface area contributed by atoms with Crippen molar-refractivity contribution in [2.75, 3.05) is 18.1 Å². The van der Waals surface area contributed by atoms with Crippen LogP contribution in [0.4, 0.5) is 9.52 Å². The van der Waals surface area contributed by atoms with E-state index in [-0.39, 0.29) is 21.8 Å². The highest BCUT2D eigenvalue weighted by molar-refractivity contribution is 8.00. The first-order chi connectivity index (χ1) is 19.8. The van der Waals surface area contributed by atoms with Crippen LogP contribution in [0, 0.1) is 5.82 Å². The molecule has 0 radical (unpaired) electrons. The van der Waals surface area contributed by atoms with Crippen LogP contribution in [0.3, 0.4) is 0 Å². The number of ether oxygens (including phenoxy) is 2. The van der Waals surface area contributed by atoms with E-state index >= 15 is 4.39 Å². The summed E-state index contributed by atoms with van der Waals surface area (Å²) in [5.41, 5.74) is 0.767. The van der Waals surface area contributed by atoms with Crippen molar-refractivity contribution in [1.29, 1.82) is 0 Å². The van der Waals surface area contributed by atoms with Gasteiger partial charge in [-0.2, -0.15) is 0 Å². The largest absolute Gasteiger partial charge is 0.507 e. The van der Waals surface area contributed by atoms with Gasteiger partial charge < -0.3 is 14.6 Å². The number of Topliss-reactive ketones (excluding diaryl/α,β-unsaturated/α-hetero) is 1. The lowest BCUT2D eigenvalue weighted by Gasteiger charge is -2.23. The van der Waals surface area contributed by atoms with Gasteiger partial charge in [-0.1, -0.05) is 70.6 Å². The second-order valence-corrected chi connectivity index (χ2v) is 11.9. The first kappa shape index (κ1) is 27.5. The quantitative estimate of drug-likeness (QED) is 0.0829. The average molecular weight is 631 g/mol. The highest BCUT2D eigenvalue weighted by Gasteiger charge is 2.49. The van der Waals surface area contributed by atoms with Gasteiger partial charge in [0.25, 0.3) is 5.78 Å². The molecule has 4 aromatic rings. The number of thioether (sulfide) groups is 1. The molecule has 2 aliphatic rings. The Morgan fingerprint density at radius 2 is 1.83 bits per heavy atom. The zero-order valence-corrected chi connectivity index (χ0v) is 24.0. The molecule has 13 heteroatoms. The van der Waals surface area contributed by atoms with Crippen molar-refractivity contribution in [2.45, 2.75) is 16.1 Å². The van der Waals surface area contributed by atoms with E-state index in [4.69, 9.17) is 32.7 Å². The summed E-state index contributed by atoms with van der Waals surface area (Å²) in [5, 5.41) is 20.8. The number of carbonyl (C=O) groups is 2. The van der Waals surface area contributed by atoms with E-state index in [9.17, 15) is 14.7 Å². The number of aliphatic hydroxyl groups is 1. The minimum atomic E-state index is -1.29. The Balaban J connectivity index is 1.39. The SMILES string of the molecule is O=C1C(=O)N(c2nnc(SCc3ccc(Cl)cc3Cl)s2)[C@H](c2ccccc2F)/C1=C(\O)c1ccc2c(c1)OCCO2. The third-order valence-electron chi connectivity index (χ3n) is 6.43. The van der Waals surface area contributed by atoms with Crippen LogP contribution >= 0.6 is 46.3 Å². The second kappa shape index (κ2) is 11.3. The number of carbonyl (C=O) groups excluding carboxylic acids is 2. The minimum Gasteiger partial charge on any atom is -0.507 e. The van der Waals surface area contributed by atoms with E-state index in [1.165, 1.54) is 42.1 Å². The van der Waals surface area contributed by atoms with Gasteiger partial charge in [-0.3, -0.25) is 14.5 Å². The molecule has 0 bridgehead atoms. The molecule has 41 heavy (non-hydrogen) atoms. The van der Waals surface area contributed by atoms with Crippen molar-refractivity contribution in [1.82, 2.24) is 10.2 Å². The molecule has 208 valence electrons. The topological polar surface area (TPSA) is 102 Å². The highest BCUT2D eigenvalue weighted by Crippen LogP contribution is 2.45. The molecule has 1 saturated heterocycles. The molecule has 0 saturated carbocycles. The lowest BCUT2D eigenvalue weighted by molar-refractivity contribution is -0.132. The summed E-state index contributed by atoms with van der Waals surface area (Å²) in [6.45, 7) is 0.698. The highest BCUT2D eigenvalue weighted by atomic mass is 35.5. The van der Waals surface area contributed by atoms with Gasteiger partial charge in [0, 0.05) is 26.9 Å². The van der Waals surface area contributed by atoms with Crippen LogP contribution in [0.1, 0.15) is 22.7 Å². The van der Waals surface area contributed by atoms with E-state index < -0.39 is 29.3 Å². The van der Waals surface area contributed by atoms with Gasteiger partial charge in [0.2, 0.25) is 5.13 Å². The molecule has 3 heterocycles. The maximum atomic E-state index is 15.2. The molecular formula is C28H18Cl2FN3O5S2. The van der Waals surface area contributed by atoms with Gasteiger partial charge >= 0.3 is 5.91 Å². The van der Waals surface area contributed by atoms with Crippen molar-refractivity contribution in [3.63, 3.8) is 0 Å². The molecule has 1 aromatic heterocycles. The lowest BCUT2D eigenvalue weighted by Crippen LogP contribution is -2.29. The van der Waals surface area contributed by atoms with E-state index in [2.05, 4.69) is 10.2 Å². The monoisotopic (exact) mass is 629 g/mol. The van der Waals surface area contributed by atoms with Crippen molar-refractivity contribution in [3.05, 3.63) is 98.8 Å². The van der Waals surface area contributed by atoms with E-state index in [0.717, 1.165) is 21.8 Å². The van der Waals surface area contributed by atoms with Crippen molar-refractivity contribution in [2.24, 2.45) is 0 Å². The Morgan fingerprint density at radius 1 is 1.05 bits per heavy atom. The third-order valence-corrected chi connectivity index (χ3v) is 9.12. The van der Waals surface area contributed by atoms with Crippen LogP contribution in [0.2, 0.25) is 10.0 Å². The van der Waals surface area contributed by atoms with Gasteiger partial charge in [-0.25, -0.2) is 4.39 Å². The van der Waals surface area contributed by atoms with E-state index in [1.807, 2.05) is 0 Å². The molecule has 1 N–H and O–H groups in total. The number of hydrogen-bond acceptors (Lipinski definition) is 9. The molecule has 0 unspecified atom stereocenters. The number of fused-ring (bicyclic) bond motifs is 1. The number of anilines is 1. The Kier molecular flexibility index (Phi) is 7.60. The number of halogens is 3. The van der Waals surface area contributed by atoms with Gasteiger partial charge in [-0.15, -0.1) is 10.2 Å². The van der Waals surface area contributed by atoms with Crippen LogP contribution < -0.4 is 14.4 Å². The molecular weight excluding hydrogens is 612 g/mol. The van der Waals surface area contributed by atoms with Crippen LogP contribution in [0.25, 0.3) is 5.76 Å². The number of rotatable bonds is 6. The zero-order chi connectivity index (χ0) is 28.7. The summed E-state index contributed by atoms with van der Waals surface area (Å²) in [4.78, 5) is 27.9. The van der Waals surface area contributed by atoms with Crippen LogP contribution in [-0.2, 0) is 15.3 Å². The molecule has 1 amide bonds. The molecule has 0 spiro atoms. The molecule has 8 nitrogen and oxygen atoms in total. The predicted octanol–water partition coefficient (Wildman–Crippen LogP) is 6.67. The van der Waals surface area contributed by atoms with Gasteiger partial charge in [0.05, 0.1) is 5.57 Å².